The molecular weight excluding hydrogens is 366 g/mol. The van der Waals surface area contributed by atoms with E-state index in [4.69, 9.17) is 4.43 Å². The highest BCUT2D eigenvalue weighted by Gasteiger charge is 2.41. The zero-order chi connectivity index (χ0) is 17.3. The molecule has 1 N–H and O–H groups in total. The van der Waals surface area contributed by atoms with Gasteiger partial charge in [0.15, 0.2) is 8.32 Å². The molecule has 0 spiro atoms. The average Bonchev–Trinajstić information content (AvgIpc) is 2.43. The topological polar surface area (TPSA) is 21.3 Å². The van der Waals surface area contributed by atoms with Gasteiger partial charge in [-0.3, -0.25) is 0 Å². The summed E-state index contributed by atoms with van der Waals surface area (Å²) in [6.07, 6.45) is 5.29. The Labute approximate surface area is 151 Å². The molecule has 23 heavy (non-hydrogen) atoms. The minimum absolute atomic E-state index is 0.265. The summed E-state index contributed by atoms with van der Waals surface area (Å²) >= 11 is 3.59. The van der Waals surface area contributed by atoms with Crippen LogP contribution < -0.4 is 5.32 Å². The molecule has 1 aromatic rings. The van der Waals surface area contributed by atoms with E-state index < -0.39 is 8.32 Å². The first-order valence-corrected chi connectivity index (χ1v) is 12.5. The quantitative estimate of drug-likeness (QED) is 0.584. The van der Waals surface area contributed by atoms with Gasteiger partial charge in [-0.15, -0.1) is 0 Å². The Morgan fingerprint density at radius 3 is 2.48 bits per heavy atom. The van der Waals surface area contributed by atoms with E-state index in [1.54, 1.807) is 0 Å². The van der Waals surface area contributed by atoms with Crippen molar-refractivity contribution in [2.24, 2.45) is 0 Å². The third kappa shape index (κ3) is 4.83. The van der Waals surface area contributed by atoms with E-state index in [0.29, 0.717) is 12.1 Å². The van der Waals surface area contributed by atoms with Gasteiger partial charge in [-0.2, -0.15) is 0 Å². The van der Waals surface area contributed by atoms with E-state index in [-0.39, 0.29) is 5.04 Å². The Hall–Kier alpha value is -0.323. The van der Waals surface area contributed by atoms with E-state index in [0.717, 1.165) is 4.47 Å². The molecule has 0 amide bonds. The minimum atomic E-state index is -1.73. The molecule has 1 aliphatic rings. The first-order chi connectivity index (χ1) is 10.6. The second-order valence-electron chi connectivity index (χ2n) is 8.41. The van der Waals surface area contributed by atoms with E-state index in [9.17, 15) is 0 Å². The fraction of sp³-hybridized carbons (Fsp3) is 0.684. The van der Waals surface area contributed by atoms with Gasteiger partial charge < -0.3 is 9.74 Å². The molecule has 1 aromatic carbocycles. The fourth-order valence-electron chi connectivity index (χ4n) is 2.91. The lowest BCUT2D eigenvalue weighted by atomic mass is 9.92. The molecular formula is C19H32BrNOSi. The molecule has 0 saturated heterocycles. The molecule has 1 aliphatic carbocycles. The van der Waals surface area contributed by atoms with Crippen LogP contribution in [0.15, 0.2) is 22.7 Å². The predicted octanol–water partition coefficient (Wildman–Crippen LogP) is 6.50. The summed E-state index contributed by atoms with van der Waals surface area (Å²) in [4.78, 5) is 0. The van der Waals surface area contributed by atoms with Gasteiger partial charge in [-0.05, 0) is 55.6 Å². The molecule has 2 atom stereocenters. The number of aryl methyl sites for hydroxylation is 1. The van der Waals surface area contributed by atoms with Gasteiger partial charge in [0.1, 0.15) is 0 Å². The monoisotopic (exact) mass is 397 g/mol. The summed E-state index contributed by atoms with van der Waals surface area (Å²) in [6.45, 7) is 13.9. The van der Waals surface area contributed by atoms with Crippen LogP contribution in [0.3, 0.4) is 0 Å². The van der Waals surface area contributed by atoms with Crippen molar-refractivity contribution in [2.45, 2.75) is 83.7 Å². The van der Waals surface area contributed by atoms with Crippen LogP contribution >= 0.6 is 15.9 Å². The lowest BCUT2D eigenvalue weighted by molar-refractivity contribution is 0.124. The van der Waals surface area contributed by atoms with Crippen LogP contribution in [0.25, 0.3) is 0 Å². The van der Waals surface area contributed by atoms with Crippen LogP contribution in [-0.4, -0.2) is 20.5 Å². The van der Waals surface area contributed by atoms with Crippen molar-refractivity contribution >= 4 is 29.9 Å². The zero-order valence-electron chi connectivity index (χ0n) is 15.5. The lowest BCUT2D eigenvalue weighted by Gasteiger charge is -2.43. The number of rotatable bonds is 4. The number of hydrogen-bond acceptors (Lipinski definition) is 2. The Balaban J connectivity index is 2.14. The largest absolute Gasteiger partial charge is 0.412 e. The average molecular weight is 398 g/mol. The number of benzene rings is 1. The van der Waals surface area contributed by atoms with Crippen LogP contribution in [-0.2, 0) is 4.43 Å². The molecule has 0 bridgehead atoms. The molecule has 4 heteroatoms. The maximum atomic E-state index is 6.76. The third-order valence-electron chi connectivity index (χ3n) is 5.50. The van der Waals surface area contributed by atoms with E-state index in [1.165, 1.54) is 36.9 Å². The summed E-state index contributed by atoms with van der Waals surface area (Å²) < 4.78 is 7.89. The van der Waals surface area contributed by atoms with Crippen LogP contribution in [0, 0.1) is 6.92 Å². The van der Waals surface area contributed by atoms with Crippen LogP contribution in [0.2, 0.25) is 18.1 Å². The van der Waals surface area contributed by atoms with Crippen molar-refractivity contribution in [3.63, 3.8) is 0 Å². The van der Waals surface area contributed by atoms with Gasteiger partial charge in [0.2, 0.25) is 0 Å². The Morgan fingerprint density at radius 1 is 1.17 bits per heavy atom. The molecule has 0 heterocycles. The second-order valence-corrected chi connectivity index (χ2v) is 14.1. The minimum Gasteiger partial charge on any atom is -0.412 e. The Morgan fingerprint density at radius 2 is 1.83 bits per heavy atom. The van der Waals surface area contributed by atoms with Crippen LogP contribution in [0.1, 0.15) is 52.0 Å². The molecule has 0 aliphatic heterocycles. The molecule has 130 valence electrons. The Bertz CT molecular complexity index is 539. The zero-order valence-corrected chi connectivity index (χ0v) is 18.1. The van der Waals surface area contributed by atoms with Gasteiger partial charge in [0.25, 0.3) is 0 Å². The predicted molar refractivity (Wildman–Crippen MR) is 107 cm³/mol. The number of halogens is 1. The van der Waals surface area contributed by atoms with Gasteiger partial charge in [-0.25, -0.2) is 0 Å². The molecule has 1 fully saturated rings. The maximum absolute atomic E-state index is 6.76. The number of hydrogen-bond donors (Lipinski definition) is 1. The normalized spacial score (nSPS) is 22.9. The highest BCUT2D eigenvalue weighted by Crippen LogP contribution is 2.39. The Kier molecular flexibility index (Phi) is 6.02. The van der Waals surface area contributed by atoms with Crippen molar-refractivity contribution in [3.05, 3.63) is 28.2 Å². The molecule has 2 rings (SSSR count). The van der Waals surface area contributed by atoms with Crippen molar-refractivity contribution in [1.29, 1.82) is 0 Å². The standard InChI is InChI=1S/C19H32BrNOSi/c1-14-11-12-15(20)13-17(14)21-16-9-7-8-10-18(16)22-23(5,6)19(2,3)4/h11-13,16,18,21H,7-10H2,1-6H3/t16-,18-/m1/s1. The van der Waals surface area contributed by atoms with Crippen molar-refractivity contribution in [1.82, 2.24) is 0 Å². The second kappa shape index (κ2) is 7.28. The SMILES string of the molecule is Cc1ccc(Br)cc1N[C@@H]1CCCC[C@H]1O[Si](C)(C)C(C)(C)C. The van der Waals surface area contributed by atoms with Gasteiger partial charge in [0, 0.05) is 10.2 Å². The van der Waals surface area contributed by atoms with Crippen molar-refractivity contribution < 1.29 is 4.43 Å². The summed E-state index contributed by atoms with van der Waals surface area (Å²) in [5.74, 6) is 0. The molecule has 1 saturated carbocycles. The fourth-order valence-corrected chi connectivity index (χ4v) is 4.66. The van der Waals surface area contributed by atoms with Crippen molar-refractivity contribution in [3.8, 4) is 0 Å². The van der Waals surface area contributed by atoms with Crippen LogP contribution in [0.4, 0.5) is 5.69 Å². The van der Waals surface area contributed by atoms with Crippen LogP contribution in [0.5, 0.6) is 0 Å². The molecule has 2 nitrogen and oxygen atoms in total. The first-order valence-electron chi connectivity index (χ1n) is 8.81. The van der Waals surface area contributed by atoms with Gasteiger partial charge >= 0.3 is 0 Å². The molecule has 0 radical (unpaired) electrons. The summed E-state index contributed by atoms with van der Waals surface area (Å²) in [5, 5.41) is 4.05. The highest BCUT2D eigenvalue weighted by molar-refractivity contribution is 9.10. The molecule has 0 aromatic heterocycles. The van der Waals surface area contributed by atoms with E-state index in [2.05, 4.69) is 80.2 Å². The third-order valence-corrected chi connectivity index (χ3v) is 10.5. The maximum Gasteiger partial charge on any atom is 0.192 e. The first kappa shape index (κ1) is 19.0. The van der Waals surface area contributed by atoms with Crippen molar-refractivity contribution in [2.75, 3.05) is 5.32 Å². The molecule has 0 unspecified atom stereocenters. The summed E-state index contributed by atoms with van der Waals surface area (Å²) in [6, 6.07) is 6.88. The number of anilines is 1. The lowest BCUT2D eigenvalue weighted by Crippen LogP contribution is -2.49. The van der Waals surface area contributed by atoms with E-state index >= 15 is 0 Å². The summed E-state index contributed by atoms with van der Waals surface area (Å²) in [7, 11) is -1.73. The smallest absolute Gasteiger partial charge is 0.192 e. The number of nitrogens with one attached hydrogen (secondary N) is 1. The summed E-state index contributed by atoms with van der Waals surface area (Å²) in [5.41, 5.74) is 2.53. The van der Waals surface area contributed by atoms with Gasteiger partial charge in [0.05, 0.1) is 12.1 Å². The highest BCUT2D eigenvalue weighted by atomic mass is 79.9. The van der Waals surface area contributed by atoms with E-state index in [1.807, 2.05) is 0 Å². The van der Waals surface area contributed by atoms with Gasteiger partial charge in [-0.1, -0.05) is 55.6 Å².